The molecule has 0 radical (unpaired) electrons. The predicted molar refractivity (Wildman–Crippen MR) is 128 cm³/mol. The molecule has 2 heterocycles. The highest BCUT2D eigenvalue weighted by Crippen LogP contribution is 2.35. The third kappa shape index (κ3) is 4.88. The molecule has 0 atom stereocenters. The number of aryl methyl sites for hydroxylation is 1. The number of halogens is 1. The second kappa shape index (κ2) is 8.81. The molecule has 8 nitrogen and oxygen atoms in total. The monoisotopic (exact) mass is 465 g/mol. The molecule has 0 saturated carbocycles. The molecular weight excluding hydrogens is 437 g/mol. The first-order valence-electron chi connectivity index (χ1n) is 11.0. The van der Waals surface area contributed by atoms with Crippen molar-refractivity contribution in [2.75, 3.05) is 18.5 Å². The van der Waals surface area contributed by atoms with Gasteiger partial charge in [0, 0.05) is 36.5 Å². The van der Waals surface area contributed by atoms with Crippen molar-refractivity contribution < 1.29 is 18.7 Å². The van der Waals surface area contributed by atoms with Crippen molar-refractivity contribution in [3.8, 4) is 0 Å². The molecule has 4 rings (SSSR count). The quantitative estimate of drug-likeness (QED) is 0.710. The highest BCUT2D eigenvalue weighted by atomic mass is 19.1. The standard InChI is InChI=1S/C25H28FN5O3/c1-15-6-9-21-20(10-15)29-22-18(13-28-30(22)5)14-31(21)23(32)16-7-8-17(19(26)11-16)12-27-24(33)34-25(2,3)4/h6-11,13,28H,12,14H2,1-5H3,(H,27,33). The lowest BCUT2D eigenvalue weighted by atomic mass is 10.1. The van der Waals surface area contributed by atoms with Gasteiger partial charge in [-0.25, -0.2) is 14.2 Å². The largest absolute Gasteiger partial charge is 0.444 e. The molecule has 2 aliphatic heterocycles. The van der Waals surface area contributed by atoms with Crippen molar-refractivity contribution in [3.63, 3.8) is 0 Å². The van der Waals surface area contributed by atoms with Gasteiger partial charge in [-0.3, -0.25) is 9.80 Å². The van der Waals surface area contributed by atoms with Crippen molar-refractivity contribution >= 4 is 29.2 Å². The van der Waals surface area contributed by atoms with Gasteiger partial charge in [0.25, 0.3) is 5.91 Å². The molecule has 2 aromatic carbocycles. The number of hydrogen-bond acceptors (Lipinski definition) is 6. The summed E-state index contributed by atoms with van der Waals surface area (Å²) in [5.41, 5.74) is 6.08. The van der Waals surface area contributed by atoms with E-state index in [4.69, 9.17) is 9.73 Å². The number of likely N-dealkylation sites (N-methyl/N-ethyl adjacent to an activating group) is 1. The van der Waals surface area contributed by atoms with E-state index in [1.54, 1.807) is 36.7 Å². The van der Waals surface area contributed by atoms with Gasteiger partial charge in [-0.05, 0) is 57.5 Å². The van der Waals surface area contributed by atoms with E-state index < -0.39 is 17.5 Å². The number of carbonyl (C=O) groups is 2. The van der Waals surface area contributed by atoms with Crippen LogP contribution in [-0.4, -0.2) is 42.0 Å². The maximum Gasteiger partial charge on any atom is 0.407 e. The third-order valence-electron chi connectivity index (χ3n) is 5.38. The average molecular weight is 466 g/mol. The number of amidine groups is 1. The maximum atomic E-state index is 14.8. The molecule has 34 heavy (non-hydrogen) atoms. The molecule has 0 aliphatic carbocycles. The Morgan fingerprint density at radius 2 is 1.97 bits per heavy atom. The van der Waals surface area contributed by atoms with Crippen molar-refractivity contribution in [2.24, 2.45) is 4.99 Å². The van der Waals surface area contributed by atoms with E-state index in [9.17, 15) is 14.0 Å². The third-order valence-corrected chi connectivity index (χ3v) is 5.38. The average Bonchev–Trinajstić information content (AvgIpc) is 3.00. The van der Waals surface area contributed by atoms with Crippen LogP contribution in [0.5, 0.6) is 0 Å². The predicted octanol–water partition coefficient (Wildman–Crippen LogP) is 4.18. The second-order valence-electron chi connectivity index (χ2n) is 9.34. The summed E-state index contributed by atoms with van der Waals surface area (Å²) in [4.78, 5) is 31.7. The number of anilines is 1. The van der Waals surface area contributed by atoms with Crippen LogP contribution in [0.2, 0.25) is 0 Å². The fourth-order valence-electron chi connectivity index (χ4n) is 3.74. The van der Waals surface area contributed by atoms with Crippen LogP contribution in [0.25, 0.3) is 0 Å². The number of carbonyl (C=O) groups excluding carboxylic acids is 2. The van der Waals surface area contributed by atoms with E-state index in [2.05, 4.69) is 10.7 Å². The van der Waals surface area contributed by atoms with Gasteiger partial charge in [0.15, 0.2) is 5.84 Å². The first-order valence-corrected chi connectivity index (χ1v) is 11.0. The van der Waals surface area contributed by atoms with Crippen LogP contribution in [-0.2, 0) is 11.3 Å². The van der Waals surface area contributed by atoms with E-state index in [0.29, 0.717) is 11.4 Å². The molecule has 2 N–H and O–H groups in total. The van der Waals surface area contributed by atoms with Gasteiger partial charge in [-0.2, -0.15) is 0 Å². The molecule has 0 spiro atoms. The number of benzene rings is 2. The minimum absolute atomic E-state index is 0.0524. The molecule has 2 aliphatic rings. The van der Waals surface area contributed by atoms with Gasteiger partial charge in [0.1, 0.15) is 11.4 Å². The molecule has 2 amide bonds. The van der Waals surface area contributed by atoms with Crippen molar-refractivity contribution in [1.29, 1.82) is 0 Å². The number of ether oxygens (including phenoxy) is 1. The number of hydrogen-bond donors (Lipinski definition) is 2. The summed E-state index contributed by atoms with van der Waals surface area (Å²) in [7, 11) is 1.86. The van der Waals surface area contributed by atoms with Crippen LogP contribution in [0.15, 0.2) is 53.2 Å². The molecule has 0 unspecified atom stereocenters. The highest BCUT2D eigenvalue weighted by molar-refractivity contribution is 6.12. The van der Waals surface area contributed by atoms with E-state index in [1.807, 2.05) is 38.4 Å². The zero-order valence-corrected chi connectivity index (χ0v) is 19.9. The number of amides is 2. The van der Waals surface area contributed by atoms with Crippen LogP contribution in [0.4, 0.5) is 20.6 Å². The topological polar surface area (TPSA) is 86.3 Å². The molecule has 0 saturated heterocycles. The smallest absolute Gasteiger partial charge is 0.407 e. The Hall–Kier alpha value is -3.88. The lowest BCUT2D eigenvalue weighted by molar-refractivity contribution is 0.0523. The fraction of sp³-hybridized carbons (Fsp3) is 0.320. The number of aliphatic imine (C=N–C) groups is 1. The Balaban J connectivity index is 1.57. The first kappa shape index (κ1) is 23.3. The minimum Gasteiger partial charge on any atom is -0.444 e. The number of alkyl carbamates (subject to hydrolysis) is 1. The first-order chi connectivity index (χ1) is 16.0. The molecule has 2 aromatic rings. The fourth-order valence-corrected chi connectivity index (χ4v) is 3.74. The van der Waals surface area contributed by atoms with Crippen molar-refractivity contribution in [3.05, 3.63) is 70.7 Å². The number of hydrazine groups is 1. The molecule has 0 fully saturated rings. The summed E-state index contributed by atoms with van der Waals surface area (Å²) in [6.07, 6.45) is 1.17. The summed E-state index contributed by atoms with van der Waals surface area (Å²) in [6.45, 7) is 7.45. The van der Waals surface area contributed by atoms with Crippen molar-refractivity contribution in [2.45, 2.75) is 39.8 Å². The number of fused-ring (bicyclic) bond motifs is 2. The van der Waals surface area contributed by atoms with Crippen LogP contribution in [0.3, 0.4) is 0 Å². The Bertz CT molecular complexity index is 1220. The Kier molecular flexibility index (Phi) is 6.03. The number of rotatable bonds is 3. The summed E-state index contributed by atoms with van der Waals surface area (Å²) >= 11 is 0. The van der Waals surface area contributed by atoms with Gasteiger partial charge in [-0.15, -0.1) is 0 Å². The second-order valence-corrected chi connectivity index (χ2v) is 9.34. The van der Waals surface area contributed by atoms with Gasteiger partial charge < -0.3 is 20.4 Å². The van der Waals surface area contributed by atoms with Crippen LogP contribution in [0.1, 0.15) is 42.3 Å². The Labute approximate surface area is 198 Å². The van der Waals surface area contributed by atoms with E-state index >= 15 is 0 Å². The SMILES string of the molecule is Cc1ccc2c(c1)N=C1C(=CNN1C)CN2C(=O)c1ccc(CNC(=O)OC(C)(C)C)c(F)c1. The Morgan fingerprint density at radius 3 is 2.68 bits per heavy atom. The molecule has 178 valence electrons. The van der Waals surface area contributed by atoms with Gasteiger partial charge in [0.05, 0.1) is 17.9 Å². The van der Waals surface area contributed by atoms with Gasteiger partial charge in [-0.1, -0.05) is 12.1 Å². The minimum atomic E-state index is -0.649. The molecule has 0 bridgehead atoms. The number of nitrogens with one attached hydrogen (secondary N) is 2. The van der Waals surface area contributed by atoms with Gasteiger partial charge >= 0.3 is 6.09 Å². The Morgan fingerprint density at radius 1 is 1.21 bits per heavy atom. The molecule has 9 heteroatoms. The molecular formula is C25H28FN5O3. The van der Waals surface area contributed by atoms with Gasteiger partial charge in [0.2, 0.25) is 0 Å². The summed E-state index contributed by atoms with van der Waals surface area (Å²) < 4.78 is 20.0. The zero-order valence-electron chi connectivity index (χ0n) is 19.9. The summed E-state index contributed by atoms with van der Waals surface area (Å²) in [6, 6.07) is 9.96. The van der Waals surface area contributed by atoms with Crippen LogP contribution >= 0.6 is 0 Å². The lowest BCUT2D eigenvalue weighted by Crippen LogP contribution is -2.35. The summed E-state index contributed by atoms with van der Waals surface area (Å²) in [5.74, 6) is -0.196. The number of nitrogens with zero attached hydrogens (tertiary/aromatic N) is 3. The van der Waals surface area contributed by atoms with Crippen LogP contribution in [0, 0.1) is 12.7 Å². The molecule has 0 aromatic heterocycles. The van der Waals surface area contributed by atoms with E-state index in [-0.39, 0.29) is 30.1 Å². The zero-order chi connectivity index (χ0) is 24.6. The highest BCUT2D eigenvalue weighted by Gasteiger charge is 2.30. The van der Waals surface area contributed by atoms with Crippen LogP contribution < -0.4 is 15.6 Å². The normalized spacial score (nSPS) is 14.9. The van der Waals surface area contributed by atoms with E-state index in [1.165, 1.54) is 12.1 Å². The van der Waals surface area contributed by atoms with E-state index in [0.717, 1.165) is 17.0 Å². The lowest BCUT2D eigenvalue weighted by Gasteiger charge is -2.23. The van der Waals surface area contributed by atoms with Crippen molar-refractivity contribution in [1.82, 2.24) is 15.8 Å². The maximum absolute atomic E-state index is 14.8. The summed E-state index contributed by atoms with van der Waals surface area (Å²) in [5, 5.41) is 4.33.